The largest absolute Gasteiger partial charge is 0.484 e. The molecule has 0 heterocycles. The third-order valence-corrected chi connectivity index (χ3v) is 2.51. The Morgan fingerprint density at radius 1 is 1.56 bits per heavy atom. The van der Waals surface area contributed by atoms with Gasteiger partial charge in [-0.05, 0) is 25.0 Å². The molecular weight excluding hydrogens is 233 g/mol. The number of benzene rings is 1. The summed E-state index contributed by atoms with van der Waals surface area (Å²) in [5.41, 5.74) is 0. The van der Waals surface area contributed by atoms with Crippen LogP contribution in [0.15, 0.2) is 18.2 Å². The molecule has 0 radical (unpaired) electrons. The molecule has 5 heteroatoms. The highest BCUT2D eigenvalue weighted by atomic mass is 35.5. The molecule has 1 saturated carbocycles. The second-order valence-corrected chi connectivity index (χ2v) is 4.11. The fourth-order valence-corrected chi connectivity index (χ4v) is 1.33. The Hall–Kier alpha value is -1.29. The lowest BCUT2D eigenvalue weighted by molar-refractivity contribution is -0.123. The number of amides is 1. The summed E-state index contributed by atoms with van der Waals surface area (Å²) in [7, 11) is 0. The van der Waals surface area contributed by atoms with Crippen molar-refractivity contribution in [3.63, 3.8) is 0 Å². The molecular formula is C11H11ClFNO2. The van der Waals surface area contributed by atoms with Crippen molar-refractivity contribution >= 4 is 17.5 Å². The second kappa shape index (κ2) is 4.70. The second-order valence-electron chi connectivity index (χ2n) is 3.71. The first-order chi connectivity index (χ1) is 7.65. The van der Waals surface area contributed by atoms with Crippen LogP contribution in [0.5, 0.6) is 5.75 Å². The maximum atomic E-state index is 13.0. The summed E-state index contributed by atoms with van der Waals surface area (Å²) < 4.78 is 18.1. The molecule has 0 bridgehead atoms. The van der Waals surface area contributed by atoms with Gasteiger partial charge in [0.25, 0.3) is 5.91 Å². The molecule has 0 atom stereocenters. The summed E-state index contributed by atoms with van der Waals surface area (Å²) in [6.45, 7) is -0.0996. The van der Waals surface area contributed by atoms with Gasteiger partial charge < -0.3 is 10.1 Å². The number of ether oxygens (including phenoxy) is 1. The Kier molecular flexibility index (Phi) is 3.29. The van der Waals surface area contributed by atoms with E-state index >= 15 is 0 Å². The summed E-state index contributed by atoms with van der Waals surface area (Å²) >= 11 is 5.51. The summed E-state index contributed by atoms with van der Waals surface area (Å²) in [5.74, 6) is -0.438. The first-order valence-corrected chi connectivity index (χ1v) is 5.40. The van der Waals surface area contributed by atoms with Gasteiger partial charge in [0, 0.05) is 12.1 Å². The van der Waals surface area contributed by atoms with E-state index in [4.69, 9.17) is 16.3 Å². The van der Waals surface area contributed by atoms with Gasteiger partial charge >= 0.3 is 0 Å². The van der Waals surface area contributed by atoms with Crippen LogP contribution in [-0.4, -0.2) is 18.6 Å². The first kappa shape index (κ1) is 11.2. The number of nitrogens with one attached hydrogen (secondary N) is 1. The minimum absolute atomic E-state index is 0.0368. The van der Waals surface area contributed by atoms with Crippen molar-refractivity contribution in [3.8, 4) is 5.75 Å². The van der Waals surface area contributed by atoms with Crippen molar-refractivity contribution < 1.29 is 13.9 Å². The zero-order valence-corrected chi connectivity index (χ0v) is 9.26. The van der Waals surface area contributed by atoms with Crippen molar-refractivity contribution in [3.05, 3.63) is 29.0 Å². The quantitative estimate of drug-likeness (QED) is 0.880. The van der Waals surface area contributed by atoms with Crippen molar-refractivity contribution in [1.82, 2.24) is 5.32 Å². The third kappa shape index (κ3) is 3.10. The number of carbonyl (C=O) groups excluding carboxylic acids is 1. The van der Waals surface area contributed by atoms with Crippen LogP contribution in [0.1, 0.15) is 12.8 Å². The van der Waals surface area contributed by atoms with E-state index < -0.39 is 5.82 Å². The molecule has 1 amide bonds. The fourth-order valence-electron chi connectivity index (χ4n) is 1.21. The molecule has 16 heavy (non-hydrogen) atoms. The molecule has 1 N–H and O–H groups in total. The van der Waals surface area contributed by atoms with E-state index in [1.807, 2.05) is 0 Å². The van der Waals surface area contributed by atoms with Crippen LogP contribution in [0.25, 0.3) is 0 Å². The molecule has 2 rings (SSSR count). The van der Waals surface area contributed by atoms with Gasteiger partial charge in [-0.3, -0.25) is 4.79 Å². The molecule has 3 nitrogen and oxygen atoms in total. The minimum atomic E-state index is -0.554. The lowest BCUT2D eigenvalue weighted by Crippen LogP contribution is -2.30. The van der Waals surface area contributed by atoms with Crippen LogP contribution < -0.4 is 10.1 Å². The van der Waals surface area contributed by atoms with Crippen molar-refractivity contribution in [1.29, 1.82) is 0 Å². The Morgan fingerprint density at radius 3 is 2.94 bits per heavy atom. The highest BCUT2D eigenvalue weighted by molar-refractivity contribution is 6.30. The highest BCUT2D eigenvalue weighted by Crippen LogP contribution is 2.21. The molecule has 1 aromatic carbocycles. The Morgan fingerprint density at radius 2 is 2.31 bits per heavy atom. The van der Waals surface area contributed by atoms with E-state index in [1.165, 1.54) is 12.1 Å². The smallest absolute Gasteiger partial charge is 0.258 e. The van der Waals surface area contributed by atoms with Crippen LogP contribution in [0.2, 0.25) is 5.02 Å². The molecule has 1 aliphatic rings. The minimum Gasteiger partial charge on any atom is -0.484 e. The van der Waals surface area contributed by atoms with Gasteiger partial charge in [-0.1, -0.05) is 11.6 Å². The van der Waals surface area contributed by atoms with Gasteiger partial charge in [-0.2, -0.15) is 0 Å². The summed E-state index contributed by atoms with van der Waals surface area (Å²) in [5, 5.41) is 2.80. The Balaban J connectivity index is 1.83. The van der Waals surface area contributed by atoms with Crippen LogP contribution >= 0.6 is 11.6 Å². The normalized spacial score (nSPS) is 14.6. The van der Waals surface area contributed by atoms with E-state index in [1.54, 1.807) is 0 Å². The number of hydrogen-bond donors (Lipinski definition) is 1. The molecule has 0 aliphatic heterocycles. The maximum absolute atomic E-state index is 13.0. The van der Waals surface area contributed by atoms with Gasteiger partial charge in [0.05, 0.1) is 5.02 Å². The molecule has 1 fully saturated rings. The van der Waals surface area contributed by atoms with E-state index in [0.717, 1.165) is 18.9 Å². The van der Waals surface area contributed by atoms with Crippen LogP contribution in [-0.2, 0) is 4.79 Å². The molecule has 0 saturated heterocycles. The van der Waals surface area contributed by atoms with E-state index in [-0.39, 0.29) is 17.5 Å². The molecule has 1 aromatic rings. The zero-order chi connectivity index (χ0) is 11.5. The van der Waals surface area contributed by atoms with Gasteiger partial charge in [0.1, 0.15) is 11.6 Å². The number of rotatable bonds is 4. The molecule has 0 unspecified atom stereocenters. The number of halogens is 2. The lowest BCUT2D eigenvalue weighted by Gasteiger charge is -2.06. The van der Waals surface area contributed by atoms with Crippen molar-refractivity contribution in [2.75, 3.05) is 6.61 Å². The SMILES string of the molecule is O=C(COc1ccc(Cl)c(F)c1)NC1CC1. The lowest BCUT2D eigenvalue weighted by atomic mass is 10.3. The van der Waals surface area contributed by atoms with Gasteiger partial charge in [-0.15, -0.1) is 0 Å². The van der Waals surface area contributed by atoms with Crippen LogP contribution in [0, 0.1) is 5.82 Å². The summed E-state index contributed by atoms with van der Waals surface area (Å²) in [6, 6.07) is 4.38. The van der Waals surface area contributed by atoms with Crippen LogP contribution in [0.3, 0.4) is 0 Å². The van der Waals surface area contributed by atoms with Crippen LogP contribution in [0.4, 0.5) is 4.39 Å². The third-order valence-electron chi connectivity index (χ3n) is 2.20. The molecule has 0 spiro atoms. The first-order valence-electron chi connectivity index (χ1n) is 5.02. The monoisotopic (exact) mass is 243 g/mol. The van der Waals surface area contributed by atoms with Crippen molar-refractivity contribution in [2.45, 2.75) is 18.9 Å². The average Bonchev–Trinajstić information content (AvgIpc) is 3.04. The van der Waals surface area contributed by atoms with Gasteiger partial charge in [-0.25, -0.2) is 4.39 Å². The predicted molar refractivity (Wildman–Crippen MR) is 58.1 cm³/mol. The Bertz CT molecular complexity index is 407. The highest BCUT2D eigenvalue weighted by Gasteiger charge is 2.23. The molecule has 86 valence electrons. The summed E-state index contributed by atoms with van der Waals surface area (Å²) in [4.78, 5) is 11.3. The standard InChI is InChI=1S/C11H11ClFNO2/c12-9-4-3-8(5-10(9)13)16-6-11(15)14-7-1-2-7/h3-5,7H,1-2,6H2,(H,14,15). The fraction of sp³-hybridized carbons (Fsp3) is 0.364. The summed E-state index contributed by atoms with van der Waals surface area (Å²) in [6.07, 6.45) is 2.06. The van der Waals surface area contributed by atoms with Gasteiger partial charge in [0.2, 0.25) is 0 Å². The average molecular weight is 244 g/mol. The Labute approximate surface area is 97.5 Å². The number of carbonyl (C=O) groups is 1. The maximum Gasteiger partial charge on any atom is 0.258 e. The zero-order valence-electron chi connectivity index (χ0n) is 8.50. The van der Waals surface area contributed by atoms with E-state index in [0.29, 0.717) is 11.8 Å². The predicted octanol–water partition coefficient (Wildman–Crippen LogP) is 2.14. The molecule has 1 aliphatic carbocycles. The van der Waals surface area contributed by atoms with E-state index in [2.05, 4.69) is 5.32 Å². The molecule has 0 aromatic heterocycles. The van der Waals surface area contributed by atoms with Crippen molar-refractivity contribution in [2.24, 2.45) is 0 Å². The topological polar surface area (TPSA) is 38.3 Å². The van der Waals surface area contributed by atoms with E-state index in [9.17, 15) is 9.18 Å². The van der Waals surface area contributed by atoms with Gasteiger partial charge in [0.15, 0.2) is 6.61 Å². The number of hydrogen-bond acceptors (Lipinski definition) is 2.